The first kappa shape index (κ1) is 16.9. The molecule has 1 heterocycles. The second-order valence-corrected chi connectivity index (χ2v) is 5.45. The van der Waals surface area contributed by atoms with Crippen molar-refractivity contribution < 1.29 is 14.1 Å². The maximum absolute atomic E-state index is 12.5. The molecule has 3 rings (SSSR count). The van der Waals surface area contributed by atoms with E-state index in [0.29, 0.717) is 36.9 Å². The molecule has 6 nitrogen and oxygen atoms in total. The molecule has 0 aliphatic rings. The number of rotatable bonds is 7. The summed E-state index contributed by atoms with van der Waals surface area (Å²) in [5.41, 5.74) is 2.55. The van der Waals surface area contributed by atoms with Crippen LogP contribution in [0.5, 0.6) is 0 Å². The highest BCUT2D eigenvalue weighted by molar-refractivity contribution is 6.00. The lowest BCUT2D eigenvalue weighted by Crippen LogP contribution is -2.26. The largest absolute Gasteiger partial charge is 0.377 e. The monoisotopic (exact) mass is 337 g/mol. The third-order valence-corrected chi connectivity index (χ3v) is 3.66. The van der Waals surface area contributed by atoms with Crippen LogP contribution >= 0.6 is 0 Å². The van der Waals surface area contributed by atoms with Gasteiger partial charge in [-0.05, 0) is 17.2 Å². The van der Waals surface area contributed by atoms with Crippen LogP contribution in [0.25, 0.3) is 11.1 Å². The molecule has 0 spiro atoms. The fourth-order valence-corrected chi connectivity index (χ4v) is 2.51. The molecule has 3 aromatic rings. The summed E-state index contributed by atoms with van der Waals surface area (Å²) in [6, 6.07) is 17.4. The number of amides is 1. The van der Waals surface area contributed by atoms with E-state index >= 15 is 0 Å². The quantitative estimate of drug-likeness (QED) is 0.717. The van der Waals surface area contributed by atoms with Crippen molar-refractivity contribution in [2.75, 3.05) is 13.7 Å². The molecule has 2 aromatic carbocycles. The molecule has 0 fully saturated rings. The average Bonchev–Trinajstić information content (AvgIpc) is 3.10. The fraction of sp³-hybridized carbons (Fsp3) is 0.211. The maximum atomic E-state index is 12.5. The Hall–Kier alpha value is -2.99. The van der Waals surface area contributed by atoms with E-state index < -0.39 is 0 Å². The Bertz CT molecular complexity index is 831. The summed E-state index contributed by atoms with van der Waals surface area (Å²) in [4.78, 5) is 16.7. The molecule has 1 amide bonds. The number of nitrogens with zero attached hydrogens (tertiary/aromatic N) is 2. The first-order valence-corrected chi connectivity index (χ1v) is 8.01. The summed E-state index contributed by atoms with van der Waals surface area (Å²) in [7, 11) is 1.57. The van der Waals surface area contributed by atoms with E-state index in [1.54, 1.807) is 7.11 Å². The molecule has 0 aliphatic heterocycles. The van der Waals surface area contributed by atoms with E-state index in [2.05, 4.69) is 15.5 Å². The lowest BCUT2D eigenvalue weighted by atomic mass is 9.99. The molecular formula is C19H19N3O3. The van der Waals surface area contributed by atoms with Crippen molar-refractivity contribution in [3.05, 3.63) is 71.9 Å². The van der Waals surface area contributed by atoms with Crippen LogP contribution in [0.4, 0.5) is 0 Å². The third kappa shape index (κ3) is 4.30. The van der Waals surface area contributed by atoms with Crippen LogP contribution in [0.1, 0.15) is 22.1 Å². The molecule has 1 N–H and O–H groups in total. The van der Waals surface area contributed by atoms with Gasteiger partial charge in [0.25, 0.3) is 5.91 Å². The number of benzene rings is 2. The second-order valence-electron chi connectivity index (χ2n) is 5.45. The molecule has 1 aromatic heterocycles. The molecule has 0 unspecified atom stereocenters. The van der Waals surface area contributed by atoms with Crippen LogP contribution in [0.2, 0.25) is 0 Å². The average molecular weight is 337 g/mol. The number of methoxy groups -OCH3 is 1. The van der Waals surface area contributed by atoms with Crippen LogP contribution in [-0.4, -0.2) is 29.7 Å². The van der Waals surface area contributed by atoms with Crippen molar-refractivity contribution in [2.45, 2.75) is 13.0 Å². The molecular weight excluding hydrogens is 318 g/mol. The minimum Gasteiger partial charge on any atom is -0.377 e. The Balaban J connectivity index is 1.64. The summed E-state index contributed by atoms with van der Waals surface area (Å²) >= 11 is 0. The van der Waals surface area contributed by atoms with Crippen LogP contribution in [0, 0.1) is 0 Å². The van der Waals surface area contributed by atoms with Crippen molar-refractivity contribution in [3.8, 4) is 11.1 Å². The molecule has 0 aliphatic carbocycles. The van der Waals surface area contributed by atoms with Gasteiger partial charge in [0.15, 0.2) is 5.82 Å². The smallest absolute Gasteiger partial charge is 0.251 e. The van der Waals surface area contributed by atoms with E-state index in [9.17, 15) is 4.79 Å². The van der Waals surface area contributed by atoms with E-state index in [1.807, 2.05) is 54.6 Å². The molecule has 0 saturated heterocycles. The van der Waals surface area contributed by atoms with Gasteiger partial charge in [0.1, 0.15) is 6.61 Å². The van der Waals surface area contributed by atoms with Crippen molar-refractivity contribution >= 4 is 5.91 Å². The molecule has 0 atom stereocenters. The van der Waals surface area contributed by atoms with Crippen LogP contribution in [0.3, 0.4) is 0 Å². The van der Waals surface area contributed by atoms with Gasteiger partial charge in [-0.25, -0.2) is 0 Å². The van der Waals surface area contributed by atoms with Crippen molar-refractivity contribution in [2.24, 2.45) is 0 Å². The Morgan fingerprint density at radius 3 is 2.68 bits per heavy atom. The van der Waals surface area contributed by atoms with Gasteiger partial charge in [-0.2, -0.15) is 4.98 Å². The number of nitrogens with one attached hydrogen (secondary N) is 1. The minimum absolute atomic E-state index is 0.129. The summed E-state index contributed by atoms with van der Waals surface area (Å²) in [6.07, 6.45) is 0.468. The predicted octanol–water partition coefficient (Wildman–Crippen LogP) is 2.86. The van der Waals surface area contributed by atoms with Crippen molar-refractivity contribution in [1.29, 1.82) is 0 Å². The van der Waals surface area contributed by atoms with Gasteiger partial charge in [0, 0.05) is 25.6 Å². The lowest BCUT2D eigenvalue weighted by molar-refractivity contribution is 0.0954. The van der Waals surface area contributed by atoms with E-state index in [0.717, 1.165) is 11.1 Å². The summed E-state index contributed by atoms with van der Waals surface area (Å²) in [5.74, 6) is 0.845. The maximum Gasteiger partial charge on any atom is 0.251 e. The van der Waals surface area contributed by atoms with Crippen LogP contribution < -0.4 is 5.32 Å². The van der Waals surface area contributed by atoms with Gasteiger partial charge in [-0.3, -0.25) is 4.79 Å². The van der Waals surface area contributed by atoms with Gasteiger partial charge >= 0.3 is 0 Å². The minimum atomic E-state index is -0.129. The summed E-state index contributed by atoms with van der Waals surface area (Å²) in [5, 5.41) is 6.69. The molecule has 128 valence electrons. The van der Waals surface area contributed by atoms with Gasteiger partial charge in [0.05, 0.1) is 0 Å². The number of aromatic nitrogens is 2. The summed E-state index contributed by atoms with van der Waals surface area (Å²) < 4.78 is 10.0. The normalized spacial score (nSPS) is 10.6. The number of hydrogen-bond acceptors (Lipinski definition) is 5. The number of carbonyl (C=O) groups excluding carboxylic acids is 1. The molecule has 0 radical (unpaired) electrons. The van der Waals surface area contributed by atoms with Crippen LogP contribution in [0.15, 0.2) is 59.1 Å². The Morgan fingerprint density at radius 1 is 1.12 bits per heavy atom. The van der Waals surface area contributed by atoms with Gasteiger partial charge in [-0.1, -0.05) is 53.7 Å². The zero-order valence-electron chi connectivity index (χ0n) is 13.9. The van der Waals surface area contributed by atoms with E-state index in [-0.39, 0.29) is 5.91 Å². The first-order valence-electron chi connectivity index (χ1n) is 8.01. The predicted molar refractivity (Wildman–Crippen MR) is 92.9 cm³/mol. The zero-order chi connectivity index (χ0) is 17.5. The highest BCUT2D eigenvalue weighted by Crippen LogP contribution is 2.23. The Morgan fingerprint density at radius 2 is 1.88 bits per heavy atom. The zero-order valence-corrected chi connectivity index (χ0v) is 13.9. The molecule has 6 heteroatoms. The highest BCUT2D eigenvalue weighted by atomic mass is 16.5. The van der Waals surface area contributed by atoms with E-state index in [4.69, 9.17) is 9.26 Å². The third-order valence-electron chi connectivity index (χ3n) is 3.66. The van der Waals surface area contributed by atoms with Crippen molar-refractivity contribution in [3.63, 3.8) is 0 Å². The van der Waals surface area contributed by atoms with Crippen molar-refractivity contribution in [1.82, 2.24) is 15.5 Å². The van der Waals surface area contributed by atoms with Gasteiger partial charge in [0.2, 0.25) is 5.89 Å². The lowest BCUT2D eigenvalue weighted by Gasteiger charge is -2.09. The molecule has 25 heavy (non-hydrogen) atoms. The second kappa shape index (κ2) is 8.21. The number of hydrogen-bond donors (Lipinski definition) is 1. The topological polar surface area (TPSA) is 77.3 Å². The fourth-order valence-electron chi connectivity index (χ4n) is 2.51. The van der Waals surface area contributed by atoms with Gasteiger partial charge in [-0.15, -0.1) is 0 Å². The molecule has 0 bridgehead atoms. The number of carbonyl (C=O) groups is 1. The highest BCUT2D eigenvalue weighted by Gasteiger charge is 2.12. The molecule has 0 saturated carbocycles. The SMILES string of the molecule is COCc1noc(CCNC(=O)c2ccccc2-c2ccccc2)n1. The summed E-state index contributed by atoms with van der Waals surface area (Å²) in [6.45, 7) is 0.719. The Labute approximate surface area is 145 Å². The van der Waals surface area contributed by atoms with Crippen LogP contribution in [-0.2, 0) is 17.8 Å². The van der Waals surface area contributed by atoms with Gasteiger partial charge < -0.3 is 14.6 Å². The Kier molecular flexibility index (Phi) is 5.53. The number of ether oxygens (including phenoxy) is 1. The van der Waals surface area contributed by atoms with E-state index in [1.165, 1.54) is 0 Å². The standard InChI is InChI=1S/C19H19N3O3/c1-24-13-17-21-18(25-22-17)11-12-20-19(23)16-10-6-5-9-15(16)14-7-3-2-4-8-14/h2-10H,11-13H2,1H3,(H,20,23). The first-order chi connectivity index (χ1) is 12.3.